The molecule has 0 bridgehead atoms. The van der Waals surface area contributed by atoms with E-state index < -0.39 is 0 Å². The summed E-state index contributed by atoms with van der Waals surface area (Å²) in [5, 5.41) is 0. The number of aldehydes is 1. The molecule has 7 heteroatoms. The zero-order chi connectivity index (χ0) is 40.3. The summed E-state index contributed by atoms with van der Waals surface area (Å²) in [6.07, 6.45) is 0.893. The molecule has 6 aromatic carbocycles. The summed E-state index contributed by atoms with van der Waals surface area (Å²) in [6.45, 7) is 9.30. The molecule has 0 radical (unpaired) electrons. The van der Waals surface area contributed by atoms with Crippen molar-refractivity contribution in [3.05, 3.63) is 178 Å². The second-order valence-electron chi connectivity index (χ2n) is 16.0. The molecule has 3 heterocycles. The third-order valence-electron chi connectivity index (χ3n) is 12.2. The SMILES string of the molecule is COC1=C(c2ccc3c(c2)C(C)(C)c2ccccc2N3c2ccc(OC)cc2)CO/C1=C(/C=O)c1ccc2c(c1)C(C)(C)c1ccccc1N2c1ccc(OC)cc1. The van der Waals surface area contributed by atoms with Crippen LogP contribution in [0.1, 0.15) is 61.1 Å². The smallest absolute Gasteiger partial charge is 0.173 e. The molecule has 58 heavy (non-hydrogen) atoms. The minimum atomic E-state index is -0.362. The summed E-state index contributed by atoms with van der Waals surface area (Å²) in [6, 6.07) is 46.2. The van der Waals surface area contributed by atoms with Crippen LogP contribution in [0.5, 0.6) is 11.5 Å². The van der Waals surface area contributed by atoms with Crippen molar-refractivity contribution < 1.29 is 23.7 Å². The minimum absolute atomic E-state index is 0.267. The molecule has 0 atom stereocenters. The van der Waals surface area contributed by atoms with E-state index in [2.05, 4.69) is 141 Å². The maximum Gasteiger partial charge on any atom is 0.173 e. The molecule has 3 aliphatic heterocycles. The van der Waals surface area contributed by atoms with Crippen molar-refractivity contribution >= 4 is 51.6 Å². The van der Waals surface area contributed by atoms with E-state index in [0.717, 1.165) is 74.2 Å². The molecular weight excluding hydrogens is 721 g/mol. The number of hydrogen-bond acceptors (Lipinski definition) is 7. The molecule has 3 aliphatic rings. The van der Waals surface area contributed by atoms with Crippen LogP contribution in [-0.2, 0) is 25.1 Å². The lowest BCUT2D eigenvalue weighted by molar-refractivity contribution is -0.103. The van der Waals surface area contributed by atoms with Crippen LogP contribution in [0.25, 0.3) is 11.1 Å². The highest BCUT2D eigenvalue weighted by atomic mass is 16.5. The molecule has 0 aromatic heterocycles. The largest absolute Gasteiger partial charge is 0.497 e. The number of carbonyl (C=O) groups excluding carboxylic acids is 1. The molecular formula is C51H46N2O5. The van der Waals surface area contributed by atoms with Gasteiger partial charge in [-0.05, 0) is 118 Å². The Hall–Kier alpha value is -6.73. The zero-order valence-electron chi connectivity index (χ0n) is 33.9. The Morgan fingerprint density at radius 3 is 1.55 bits per heavy atom. The van der Waals surface area contributed by atoms with Gasteiger partial charge in [-0.3, -0.25) is 4.79 Å². The van der Waals surface area contributed by atoms with Gasteiger partial charge in [0.15, 0.2) is 17.8 Å². The fourth-order valence-corrected chi connectivity index (χ4v) is 9.08. The number of benzene rings is 6. The highest BCUT2D eigenvalue weighted by Crippen LogP contribution is 2.54. The molecule has 0 unspecified atom stereocenters. The van der Waals surface area contributed by atoms with Gasteiger partial charge in [-0.1, -0.05) is 76.2 Å². The molecule has 7 nitrogen and oxygen atoms in total. The first-order valence-electron chi connectivity index (χ1n) is 19.6. The van der Waals surface area contributed by atoms with E-state index in [0.29, 0.717) is 17.1 Å². The van der Waals surface area contributed by atoms with E-state index >= 15 is 0 Å². The fourth-order valence-electron chi connectivity index (χ4n) is 9.08. The number of anilines is 6. The van der Waals surface area contributed by atoms with Gasteiger partial charge < -0.3 is 28.7 Å². The Morgan fingerprint density at radius 1 is 0.569 bits per heavy atom. The first kappa shape index (κ1) is 36.9. The van der Waals surface area contributed by atoms with E-state index in [9.17, 15) is 4.79 Å². The van der Waals surface area contributed by atoms with Gasteiger partial charge in [-0.15, -0.1) is 0 Å². The number of nitrogens with zero attached hydrogens (tertiary/aromatic N) is 2. The van der Waals surface area contributed by atoms with Crippen molar-refractivity contribution in [1.82, 2.24) is 0 Å². The summed E-state index contributed by atoms with van der Waals surface area (Å²) < 4.78 is 23.6. The van der Waals surface area contributed by atoms with E-state index in [1.54, 1.807) is 21.3 Å². The molecule has 0 saturated carbocycles. The van der Waals surface area contributed by atoms with Crippen LogP contribution < -0.4 is 19.3 Å². The number of methoxy groups -OCH3 is 3. The highest BCUT2D eigenvalue weighted by Gasteiger charge is 2.40. The summed E-state index contributed by atoms with van der Waals surface area (Å²) in [4.78, 5) is 17.8. The Bertz CT molecular complexity index is 2650. The third kappa shape index (κ3) is 5.67. The van der Waals surface area contributed by atoms with Crippen molar-refractivity contribution in [3.8, 4) is 11.5 Å². The van der Waals surface area contributed by atoms with Gasteiger partial charge in [0.2, 0.25) is 0 Å². The van der Waals surface area contributed by atoms with Crippen LogP contribution in [0, 0.1) is 0 Å². The predicted molar refractivity (Wildman–Crippen MR) is 232 cm³/mol. The lowest BCUT2D eigenvalue weighted by Gasteiger charge is -2.42. The summed E-state index contributed by atoms with van der Waals surface area (Å²) in [5.41, 5.74) is 13.6. The molecule has 0 fully saturated rings. The molecule has 0 aliphatic carbocycles. The average molecular weight is 767 g/mol. The molecule has 6 aromatic rings. The van der Waals surface area contributed by atoms with Gasteiger partial charge in [0.1, 0.15) is 18.1 Å². The summed E-state index contributed by atoms with van der Waals surface area (Å²) in [5.74, 6) is 2.61. The van der Waals surface area contributed by atoms with Crippen LogP contribution in [0.2, 0.25) is 0 Å². The Morgan fingerprint density at radius 2 is 1.05 bits per heavy atom. The molecule has 0 spiro atoms. The van der Waals surface area contributed by atoms with Crippen LogP contribution in [0.4, 0.5) is 34.1 Å². The van der Waals surface area contributed by atoms with E-state index in [4.69, 9.17) is 18.9 Å². The third-order valence-corrected chi connectivity index (χ3v) is 12.2. The predicted octanol–water partition coefficient (Wildman–Crippen LogP) is 11.9. The average Bonchev–Trinajstić information content (AvgIpc) is 3.68. The first-order valence-corrected chi connectivity index (χ1v) is 19.6. The maximum atomic E-state index is 13.2. The van der Waals surface area contributed by atoms with Crippen molar-refractivity contribution in [1.29, 1.82) is 0 Å². The van der Waals surface area contributed by atoms with Crippen LogP contribution in [-0.4, -0.2) is 34.2 Å². The number of fused-ring (bicyclic) bond motifs is 4. The number of rotatable bonds is 8. The van der Waals surface area contributed by atoms with Crippen LogP contribution in [0.15, 0.2) is 145 Å². The van der Waals surface area contributed by atoms with Crippen molar-refractivity contribution in [2.75, 3.05) is 37.7 Å². The molecule has 0 saturated heterocycles. The summed E-state index contributed by atoms with van der Waals surface area (Å²) >= 11 is 0. The second kappa shape index (κ2) is 14.0. The number of ether oxygens (including phenoxy) is 4. The quantitative estimate of drug-likeness (QED) is 0.113. The standard InChI is InChI=1S/C51H46N2O5/c1-50(2)40-12-8-10-14-44(40)52(34-18-22-36(55-5)23-19-34)46-26-16-32(28-42(46)50)38(30-54)49-48(57-7)39(31-58-49)33-17-27-47-43(29-33)51(3,4)41-13-9-11-15-45(41)53(47)35-20-24-37(56-6)25-21-35/h8-30H,31H2,1-7H3/b49-38-. The van der Waals surface area contributed by atoms with Gasteiger partial charge in [0, 0.05) is 27.8 Å². The number of carbonyl (C=O) groups is 1. The van der Waals surface area contributed by atoms with Crippen molar-refractivity contribution in [2.24, 2.45) is 0 Å². The zero-order valence-corrected chi connectivity index (χ0v) is 33.9. The number of para-hydroxylation sites is 2. The van der Waals surface area contributed by atoms with Gasteiger partial charge in [0.05, 0.1) is 49.7 Å². The lowest BCUT2D eigenvalue weighted by Crippen LogP contribution is -2.30. The van der Waals surface area contributed by atoms with E-state index in [-0.39, 0.29) is 17.4 Å². The van der Waals surface area contributed by atoms with Gasteiger partial charge in [-0.25, -0.2) is 0 Å². The van der Waals surface area contributed by atoms with E-state index in [1.807, 2.05) is 30.3 Å². The molecule has 0 amide bonds. The summed E-state index contributed by atoms with van der Waals surface area (Å²) in [7, 11) is 5.01. The maximum absolute atomic E-state index is 13.2. The minimum Gasteiger partial charge on any atom is -0.497 e. The van der Waals surface area contributed by atoms with Crippen molar-refractivity contribution in [3.63, 3.8) is 0 Å². The van der Waals surface area contributed by atoms with Crippen molar-refractivity contribution in [2.45, 2.75) is 38.5 Å². The van der Waals surface area contributed by atoms with Crippen LogP contribution >= 0.6 is 0 Å². The second-order valence-corrected chi connectivity index (χ2v) is 16.0. The monoisotopic (exact) mass is 766 g/mol. The van der Waals surface area contributed by atoms with Gasteiger partial charge in [-0.2, -0.15) is 0 Å². The number of allylic oxidation sites excluding steroid dienone is 1. The highest BCUT2D eigenvalue weighted by molar-refractivity contribution is 6.10. The van der Waals surface area contributed by atoms with Crippen LogP contribution in [0.3, 0.4) is 0 Å². The Kier molecular flexibility index (Phi) is 8.92. The number of hydrogen-bond donors (Lipinski definition) is 0. The van der Waals surface area contributed by atoms with Gasteiger partial charge >= 0.3 is 0 Å². The van der Waals surface area contributed by atoms with E-state index in [1.165, 1.54) is 16.7 Å². The Balaban J connectivity index is 1.15. The lowest BCUT2D eigenvalue weighted by atomic mass is 9.72. The first-order chi connectivity index (χ1) is 28.1. The van der Waals surface area contributed by atoms with Gasteiger partial charge in [0.25, 0.3) is 0 Å². The fraction of sp³-hybridized carbons (Fsp3) is 0.196. The topological polar surface area (TPSA) is 60.5 Å². The Labute approximate surface area is 340 Å². The molecule has 0 N–H and O–H groups in total. The molecule has 9 rings (SSSR count). The normalized spacial score (nSPS) is 16.7. The molecule has 290 valence electrons.